The van der Waals surface area contributed by atoms with Crippen molar-refractivity contribution in [2.45, 2.75) is 124 Å². The third-order valence-corrected chi connectivity index (χ3v) is 11.1. The smallest absolute Gasteiger partial charge is 0.404 e. The molecule has 0 aromatic heterocycles. The molecule has 7 heteroatoms. The highest BCUT2D eigenvalue weighted by atomic mass is 28.4. The molecule has 0 aliphatic rings. The van der Waals surface area contributed by atoms with Gasteiger partial charge in [0.1, 0.15) is 20.8 Å². The molecule has 0 saturated carbocycles. The molecule has 0 spiro atoms. The first-order valence-electron chi connectivity index (χ1n) is 11.9. The maximum absolute atomic E-state index is 13.1. The van der Waals surface area contributed by atoms with E-state index >= 15 is 0 Å². The van der Waals surface area contributed by atoms with E-state index in [2.05, 4.69) is 77.3 Å². The molecule has 0 bridgehead atoms. The first-order valence-corrected chi connectivity index (χ1v) is 18.3. The highest BCUT2D eigenvalue weighted by Crippen LogP contribution is 2.40. The third kappa shape index (κ3) is 10.2. The van der Waals surface area contributed by atoms with Crippen molar-refractivity contribution in [2.75, 3.05) is 6.61 Å². The number of carbonyl (C=O) groups is 1. The van der Waals surface area contributed by atoms with Gasteiger partial charge in [-0.15, -0.1) is 5.54 Å². The summed E-state index contributed by atoms with van der Waals surface area (Å²) in [6.45, 7) is 33.3. The summed E-state index contributed by atoms with van der Waals surface area (Å²) in [6.07, 6.45) is -1.10. The molecule has 33 heavy (non-hydrogen) atoms. The number of nitrogens with zero attached hydrogens (tertiary/aromatic N) is 1. The predicted molar refractivity (Wildman–Crippen MR) is 144 cm³/mol. The van der Waals surface area contributed by atoms with Gasteiger partial charge in [-0.25, -0.2) is 4.79 Å². The minimum atomic E-state index is -2.26. The SMILES string of the molecule is C=C=C(OC(=O)N(C(C)C)C(C)C)C(O[Si](C)(C)C(C)(C)C)C(C)(C)OCC#C[Si](C)(C)C. The Labute approximate surface area is 206 Å². The minimum Gasteiger partial charge on any atom is -0.404 e. The van der Waals surface area contributed by atoms with E-state index in [0.29, 0.717) is 0 Å². The van der Waals surface area contributed by atoms with E-state index in [-0.39, 0.29) is 29.5 Å². The lowest BCUT2D eigenvalue weighted by atomic mass is 10.00. The monoisotopic (exact) mass is 495 g/mol. The quantitative estimate of drug-likeness (QED) is 0.150. The van der Waals surface area contributed by atoms with Gasteiger partial charge in [-0.05, 0) is 59.7 Å². The van der Waals surface area contributed by atoms with Gasteiger partial charge in [0.25, 0.3) is 0 Å². The molecule has 0 saturated heterocycles. The molecule has 0 N–H and O–H groups in total. The number of amides is 1. The van der Waals surface area contributed by atoms with E-state index in [9.17, 15) is 4.79 Å². The summed E-state index contributed by atoms with van der Waals surface area (Å²) in [4.78, 5) is 14.8. The van der Waals surface area contributed by atoms with Crippen LogP contribution < -0.4 is 0 Å². The van der Waals surface area contributed by atoms with Gasteiger partial charge in [0.05, 0.1) is 5.60 Å². The molecule has 0 fully saturated rings. The van der Waals surface area contributed by atoms with Gasteiger partial charge in [0.2, 0.25) is 0 Å². The van der Waals surface area contributed by atoms with Crippen LogP contribution in [0.1, 0.15) is 62.3 Å². The van der Waals surface area contributed by atoms with Crippen LogP contribution in [0.25, 0.3) is 0 Å². The second kappa shape index (κ2) is 11.9. The van der Waals surface area contributed by atoms with E-state index in [1.54, 1.807) is 4.90 Å². The van der Waals surface area contributed by atoms with Gasteiger partial charge in [0, 0.05) is 12.1 Å². The molecule has 1 unspecified atom stereocenters. The van der Waals surface area contributed by atoms with Gasteiger partial charge in [-0.1, -0.05) is 58.6 Å². The summed E-state index contributed by atoms with van der Waals surface area (Å²) in [5, 5.41) is -0.0445. The Morgan fingerprint density at radius 1 is 0.970 bits per heavy atom. The molecule has 0 aliphatic heterocycles. The van der Waals surface area contributed by atoms with Gasteiger partial charge >= 0.3 is 6.09 Å². The van der Waals surface area contributed by atoms with Crippen molar-refractivity contribution in [1.29, 1.82) is 0 Å². The van der Waals surface area contributed by atoms with Crippen LogP contribution in [0, 0.1) is 11.5 Å². The number of rotatable bonds is 9. The summed E-state index contributed by atoms with van der Waals surface area (Å²) in [7, 11) is -3.76. The van der Waals surface area contributed by atoms with Gasteiger partial charge in [-0.2, -0.15) is 0 Å². The number of hydrogen-bond donors (Lipinski definition) is 0. The molecule has 0 heterocycles. The predicted octanol–water partition coefficient (Wildman–Crippen LogP) is 6.98. The first-order chi connectivity index (χ1) is 14.7. The van der Waals surface area contributed by atoms with Crippen molar-refractivity contribution >= 4 is 22.5 Å². The second-order valence-corrected chi connectivity index (χ2v) is 21.7. The Hall–Kier alpha value is -1.30. The fraction of sp³-hybridized carbons (Fsp3) is 0.769. The van der Waals surface area contributed by atoms with Crippen molar-refractivity contribution in [3.63, 3.8) is 0 Å². The van der Waals surface area contributed by atoms with E-state index in [0.717, 1.165) is 0 Å². The zero-order chi connectivity index (χ0) is 26.4. The van der Waals surface area contributed by atoms with Crippen LogP contribution in [-0.2, 0) is 13.9 Å². The zero-order valence-corrected chi connectivity index (χ0v) is 25.7. The second-order valence-electron chi connectivity index (χ2n) is 12.2. The maximum atomic E-state index is 13.1. The lowest BCUT2D eigenvalue weighted by molar-refractivity contribution is -0.0825. The fourth-order valence-electron chi connectivity index (χ4n) is 2.93. The first kappa shape index (κ1) is 31.7. The highest BCUT2D eigenvalue weighted by molar-refractivity contribution is 6.83. The normalized spacial score (nSPS) is 13.8. The third-order valence-electron chi connectivity index (χ3n) is 5.76. The van der Waals surface area contributed by atoms with Crippen molar-refractivity contribution in [3.05, 3.63) is 18.1 Å². The molecule has 0 rings (SSSR count). The summed E-state index contributed by atoms with van der Waals surface area (Å²) >= 11 is 0. The van der Waals surface area contributed by atoms with E-state index in [1.165, 1.54) is 0 Å². The molecular formula is C26H49NO4Si2. The molecule has 0 aromatic rings. The van der Waals surface area contributed by atoms with Crippen molar-refractivity contribution < 1.29 is 18.7 Å². The average Bonchev–Trinajstić information content (AvgIpc) is 2.59. The Balaban J connectivity index is 6.15. The Morgan fingerprint density at radius 3 is 1.82 bits per heavy atom. The minimum absolute atomic E-state index is 0.00979. The summed E-state index contributed by atoms with van der Waals surface area (Å²) < 4.78 is 18.8. The molecule has 5 nitrogen and oxygen atoms in total. The number of hydrogen-bond acceptors (Lipinski definition) is 4. The van der Waals surface area contributed by atoms with Crippen molar-refractivity contribution in [3.8, 4) is 11.5 Å². The molecular weight excluding hydrogens is 446 g/mol. The van der Waals surface area contributed by atoms with Gasteiger partial charge in [-0.3, -0.25) is 0 Å². The van der Waals surface area contributed by atoms with Crippen LogP contribution >= 0.6 is 0 Å². The summed E-state index contributed by atoms with van der Waals surface area (Å²) in [5.41, 5.74) is 5.36. The largest absolute Gasteiger partial charge is 0.416 e. The highest BCUT2D eigenvalue weighted by Gasteiger charge is 2.46. The van der Waals surface area contributed by atoms with E-state index < -0.39 is 34.2 Å². The van der Waals surface area contributed by atoms with E-state index in [4.69, 9.17) is 13.9 Å². The van der Waals surface area contributed by atoms with Crippen LogP contribution in [-0.4, -0.2) is 57.8 Å². The average molecular weight is 496 g/mol. The summed E-state index contributed by atoms with van der Waals surface area (Å²) in [6, 6.07) is -0.0196. The Kier molecular flexibility index (Phi) is 11.4. The zero-order valence-electron chi connectivity index (χ0n) is 23.7. The molecule has 1 amide bonds. The van der Waals surface area contributed by atoms with Crippen molar-refractivity contribution in [1.82, 2.24) is 4.90 Å². The lowest BCUT2D eigenvalue weighted by Gasteiger charge is -2.44. The van der Waals surface area contributed by atoms with Crippen LogP contribution in [0.3, 0.4) is 0 Å². The Morgan fingerprint density at radius 2 is 1.45 bits per heavy atom. The van der Waals surface area contributed by atoms with Crippen LogP contribution in [0.4, 0.5) is 4.79 Å². The standard InChI is InChI=1S/C26H49NO4Si2/c1-16-22(30-24(28)27(20(2)3)21(4)5)23(31-33(14,15)25(6,7)8)26(9,10)29-18-17-19-32(11,12)13/h20-21,23H,1,18H2,2-15H3. The molecule has 0 aliphatic carbocycles. The Bertz CT molecular complexity index is 763. The number of carbonyl (C=O) groups excluding carboxylic acids is 1. The fourth-order valence-corrected chi connectivity index (χ4v) is 4.86. The van der Waals surface area contributed by atoms with Crippen LogP contribution in [0.2, 0.25) is 37.8 Å². The van der Waals surface area contributed by atoms with Crippen LogP contribution in [0.15, 0.2) is 18.1 Å². The van der Waals surface area contributed by atoms with Crippen LogP contribution in [0.5, 0.6) is 0 Å². The molecule has 0 radical (unpaired) electrons. The van der Waals surface area contributed by atoms with Crippen molar-refractivity contribution in [2.24, 2.45) is 0 Å². The lowest BCUT2D eigenvalue weighted by Crippen LogP contribution is -2.53. The maximum Gasteiger partial charge on any atom is 0.416 e. The topological polar surface area (TPSA) is 48.0 Å². The molecule has 190 valence electrons. The number of ether oxygens (including phenoxy) is 2. The van der Waals surface area contributed by atoms with Gasteiger partial charge in [0.15, 0.2) is 14.1 Å². The van der Waals surface area contributed by atoms with Gasteiger partial charge < -0.3 is 18.8 Å². The molecule has 0 aromatic carbocycles. The van der Waals surface area contributed by atoms with E-state index in [1.807, 2.05) is 41.5 Å². The summed E-state index contributed by atoms with van der Waals surface area (Å²) in [5.74, 6) is 3.41. The molecule has 1 atom stereocenters.